The van der Waals surface area contributed by atoms with E-state index in [4.69, 9.17) is 11.6 Å². The number of H-pyrrole nitrogens is 1. The molecule has 0 bridgehead atoms. The summed E-state index contributed by atoms with van der Waals surface area (Å²) >= 11 is 6.26. The van der Waals surface area contributed by atoms with Gasteiger partial charge in [0.25, 0.3) is 11.2 Å². The molecule has 0 atom stereocenters. The van der Waals surface area contributed by atoms with Gasteiger partial charge >= 0.3 is 0 Å². The first-order chi connectivity index (χ1) is 11.5. The topological polar surface area (TPSA) is 88.9 Å². The number of hydrogen-bond acceptors (Lipinski definition) is 4. The van der Waals surface area contributed by atoms with Crippen molar-refractivity contribution in [2.24, 2.45) is 0 Å². The lowest BCUT2D eigenvalue weighted by Gasteiger charge is -2.04. The summed E-state index contributed by atoms with van der Waals surface area (Å²) in [5.74, 6) is 0.252. The first-order valence-corrected chi connectivity index (χ1v) is 7.45. The number of nitrogens with zero attached hydrogens (tertiary/aromatic N) is 2. The predicted molar refractivity (Wildman–Crippen MR) is 93.9 cm³/mol. The quantitative estimate of drug-likeness (QED) is 0.578. The summed E-state index contributed by atoms with van der Waals surface area (Å²) in [6, 6.07) is 11.3. The van der Waals surface area contributed by atoms with E-state index in [2.05, 4.69) is 9.97 Å². The Kier molecular flexibility index (Phi) is 4.14. The number of nitrogens with one attached hydrogen (secondary N) is 1. The number of hydrogen-bond donors (Lipinski definition) is 1. The summed E-state index contributed by atoms with van der Waals surface area (Å²) in [6.45, 7) is 1.87. The standard InChI is InChI=1S/C17H12ClN3O3/c1-10-3-2-4-13-15(10)19-16(20-17(13)22)14(18)9-11-5-7-12(8-6-11)21(23)24/h2-9H,1H3,(H,19,20,22)/b14-9-. The number of aromatic amines is 1. The van der Waals surface area contributed by atoms with Crippen molar-refractivity contribution in [3.63, 3.8) is 0 Å². The molecule has 0 aliphatic rings. The van der Waals surface area contributed by atoms with Gasteiger partial charge in [0.15, 0.2) is 5.82 Å². The third kappa shape index (κ3) is 3.04. The zero-order chi connectivity index (χ0) is 17.3. The van der Waals surface area contributed by atoms with Crippen LogP contribution in [0.1, 0.15) is 17.0 Å². The van der Waals surface area contributed by atoms with Gasteiger partial charge in [-0.1, -0.05) is 23.7 Å². The van der Waals surface area contributed by atoms with Crippen molar-refractivity contribution in [3.8, 4) is 0 Å². The maximum absolute atomic E-state index is 12.2. The van der Waals surface area contributed by atoms with Gasteiger partial charge in [-0.2, -0.15) is 0 Å². The van der Waals surface area contributed by atoms with Crippen LogP contribution in [-0.4, -0.2) is 14.9 Å². The Morgan fingerprint density at radius 2 is 1.96 bits per heavy atom. The van der Waals surface area contributed by atoms with E-state index in [0.717, 1.165) is 5.56 Å². The fraction of sp³-hybridized carbons (Fsp3) is 0.0588. The van der Waals surface area contributed by atoms with E-state index in [9.17, 15) is 14.9 Å². The molecule has 3 rings (SSSR count). The van der Waals surface area contributed by atoms with Gasteiger partial charge in [-0.15, -0.1) is 0 Å². The normalized spacial score (nSPS) is 11.7. The number of rotatable bonds is 3. The lowest BCUT2D eigenvalue weighted by atomic mass is 10.1. The molecule has 3 aromatic rings. The monoisotopic (exact) mass is 341 g/mol. The van der Waals surface area contributed by atoms with Crippen molar-refractivity contribution in [2.75, 3.05) is 0 Å². The Labute approximate surface area is 141 Å². The summed E-state index contributed by atoms with van der Waals surface area (Å²) in [5.41, 5.74) is 1.86. The molecular weight excluding hydrogens is 330 g/mol. The number of para-hydroxylation sites is 1. The molecule has 0 unspecified atom stereocenters. The minimum Gasteiger partial charge on any atom is -0.305 e. The van der Waals surface area contributed by atoms with Gasteiger partial charge < -0.3 is 4.98 Å². The summed E-state index contributed by atoms with van der Waals surface area (Å²) in [6.07, 6.45) is 1.59. The number of aryl methyl sites for hydroxylation is 1. The Morgan fingerprint density at radius 3 is 2.62 bits per heavy atom. The van der Waals surface area contributed by atoms with Crippen LogP contribution in [0.25, 0.3) is 22.0 Å². The van der Waals surface area contributed by atoms with Gasteiger partial charge in [0, 0.05) is 12.1 Å². The molecule has 0 saturated heterocycles. The highest BCUT2D eigenvalue weighted by Crippen LogP contribution is 2.22. The highest BCUT2D eigenvalue weighted by molar-refractivity contribution is 6.50. The molecule has 6 nitrogen and oxygen atoms in total. The smallest absolute Gasteiger partial charge is 0.269 e. The molecule has 0 aliphatic heterocycles. The van der Waals surface area contributed by atoms with Gasteiger partial charge in [-0.25, -0.2) is 4.98 Å². The molecule has 0 fully saturated rings. The molecule has 120 valence electrons. The number of nitro groups is 1. The number of aromatic nitrogens is 2. The molecule has 0 saturated carbocycles. The van der Waals surface area contributed by atoms with Crippen LogP contribution < -0.4 is 5.56 Å². The van der Waals surface area contributed by atoms with Gasteiger partial charge in [0.1, 0.15) is 0 Å². The van der Waals surface area contributed by atoms with Crippen LogP contribution in [-0.2, 0) is 0 Å². The van der Waals surface area contributed by atoms with Crippen LogP contribution in [0.15, 0.2) is 47.3 Å². The summed E-state index contributed by atoms with van der Waals surface area (Å²) in [5, 5.41) is 11.4. The van der Waals surface area contributed by atoms with Crippen LogP contribution in [0.2, 0.25) is 0 Å². The number of fused-ring (bicyclic) bond motifs is 1. The Hall–Kier alpha value is -2.99. The van der Waals surface area contributed by atoms with Crippen LogP contribution in [0.5, 0.6) is 0 Å². The van der Waals surface area contributed by atoms with Crippen LogP contribution in [0.4, 0.5) is 5.69 Å². The number of nitro benzene ring substituents is 1. The average molecular weight is 342 g/mol. The minimum atomic E-state index is -0.472. The largest absolute Gasteiger partial charge is 0.305 e. The second-order valence-electron chi connectivity index (χ2n) is 5.23. The fourth-order valence-electron chi connectivity index (χ4n) is 2.33. The molecule has 7 heteroatoms. The molecule has 0 aliphatic carbocycles. The highest BCUT2D eigenvalue weighted by atomic mass is 35.5. The summed E-state index contributed by atoms with van der Waals surface area (Å²) in [7, 11) is 0. The molecule has 1 aromatic heterocycles. The van der Waals surface area contributed by atoms with E-state index >= 15 is 0 Å². The highest BCUT2D eigenvalue weighted by Gasteiger charge is 2.09. The van der Waals surface area contributed by atoms with E-state index in [1.54, 1.807) is 30.3 Å². The fourth-order valence-corrected chi connectivity index (χ4v) is 2.54. The zero-order valence-corrected chi connectivity index (χ0v) is 13.4. The van der Waals surface area contributed by atoms with Crippen LogP contribution >= 0.6 is 11.6 Å². The maximum Gasteiger partial charge on any atom is 0.269 e. The van der Waals surface area contributed by atoms with Crippen molar-refractivity contribution < 1.29 is 4.92 Å². The van der Waals surface area contributed by atoms with Crippen molar-refractivity contribution in [1.29, 1.82) is 0 Å². The first-order valence-electron chi connectivity index (χ1n) is 7.07. The third-order valence-corrected chi connectivity index (χ3v) is 3.85. The average Bonchev–Trinajstić information content (AvgIpc) is 2.56. The van der Waals surface area contributed by atoms with Gasteiger partial charge in [0.2, 0.25) is 0 Å². The van der Waals surface area contributed by atoms with Crippen molar-refractivity contribution in [1.82, 2.24) is 9.97 Å². The van der Waals surface area contributed by atoms with E-state index < -0.39 is 4.92 Å². The van der Waals surface area contributed by atoms with Crippen molar-refractivity contribution in [2.45, 2.75) is 6.92 Å². The second-order valence-corrected chi connectivity index (χ2v) is 5.63. The molecule has 2 aromatic carbocycles. The SMILES string of the molecule is Cc1cccc2c(=O)[nH]c(/C(Cl)=C/c3ccc([N+](=O)[O-])cc3)nc12. The molecule has 1 heterocycles. The molecular formula is C17H12ClN3O3. The molecule has 0 radical (unpaired) electrons. The van der Waals surface area contributed by atoms with Crippen molar-refractivity contribution >= 4 is 39.3 Å². The summed E-state index contributed by atoms with van der Waals surface area (Å²) < 4.78 is 0. The van der Waals surface area contributed by atoms with Crippen LogP contribution in [0.3, 0.4) is 0 Å². The van der Waals surface area contributed by atoms with Gasteiger partial charge in [-0.3, -0.25) is 14.9 Å². The van der Waals surface area contributed by atoms with E-state index in [1.807, 2.05) is 13.0 Å². The third-order valence-electron chi connectivity index (χ3n) is 3.56. The van der Waals surface area contributed by atoms with Crippen molar-refractivity contribution in [3.05, 3.63) is 79.9 Å². The first kappa shape index (κ1) is 15.9. The van der Waals surface area contributed by atoms with E-state index in [1.165, 1.54) is 12.1 Å². The Bertz CT molecular complexity index is 1020. The lowest BCUT2D eigenvalue weighted by Crippen LogP contribution is -2.11. The summed E-state index contributed by atoms with van der Waals surface area (Å²) in [4.78, 5) is 29.4. The number of halogens is 1. The van der Waals surface area contributed by atoms with E-state index in [-0.39, 0.29) is 22.1 Å². The maximum atomic E-state index is 12.2. The lowest BCUT2D eigenvalue weighted by molar-refractivity contribution is -0.384. The number of benzene rings is 2. The molecule has 0 amide bonds. The van der Waals surface area contributed by atoms with E-state index in [0.29, 0.717) is 16.5 Å². The molecule has 24 heavy (non-hydrogen) atoms. The zero-order valence-electron chi connectivity index (χ0n) is 12.6. The van der Waals surface area contributed by atoms with Gasteiger partial charge in [0.05, 0.1) is 20.9 Å². The predicted octanol–water partition coefficient (Wildman–Crippen LogP) is 3.88. The number of non-ortho nitro benzene ring substituents is 1. The molecule has 0 spiro atoms. The van der Waals surface area contributed by atoms with Gasteiger partial charge in [-0.05, 0) is 42.3 Å². The Balaban J connectivity index is 2.04. The molecule has 1 N–H and O–H groups in total. The minimum absolute atomic E-state index is 0.00358. The Morgan fingerprint density at radius 1 is 1.25 bits per heavy atom. The van der Waals surface area contributed by atoms with Crippen LogP contribution in [0, 0.1) is 17.0 Å². The second kappa shape index (κ2) is 6.25.